The Morgan fingerprint density at radius 3 is 2.38 bits per heavy atom. The number of esters is 1. The predicted octanol–water partition coefficient (Wildman–Crippen LogP) is 3.21. The van der Waals surface area contributed by atoms with E-state index in [1.807, 2.05) is 26.8 Å². The van der Waals surface area contributed by atoms with Gasteiger partial charge in [-0.3, -0.25) is 0 Å². The van der Waals surface area contributed by atoms with E-state index in [2.05, 4.69) is 6.07 Å². The molecule has 0 saturated carbocycles. The van der Waals surface area contributed by atoms with Crippen molar-refractivity contribution in [3.63, 3.8) is 0 Å². The van der Waals surface area contributed by atoms with Crippen molar-refractivity contribution in [1.82, 2.24) is 0 Å². The van der Waals surface area contributed by atoms with Crippen molar-refractivity contribution >= 4 is 5.97 Å². The minimum Gasteiger partial charge on any atom is -0.462 e. The predicted molar refractivity (Wildman–Crippen MR) is 63.6 cm³/mol. The largest absolute Gasteiger partial charge is 0.462 e. The molecule has 0 aromatic rings. The topological polar surface area (TPSA) is 50.1 Å². The molecule has 0 aromatic heterocycles. The SMILES string of the molecule is CC/C=C(/C)[C@](C#N)(CC)C(=O)OC(C)C. The second kappa shape index (κ2) is 6.32. The molecule has 0 heterocycles. The molecule has 3 nitrogen and oxygen atoms in total. The molecule has 1 atom stereocenters. The molecule has 0 aliphatic carbocycles. The van der Waals surface area contributed by atoms with Gasteiger partial charge in [0.2, 0.25) is 0 Å². The first-order valence-corrected chi connectivity index (χ1v) is 5.74. The minimum absolute atomic E-state index is 0.193. The van der Waals surface area contributed by atoms with Crippen LogP contribution in [-0.2, 0) is 9.53 Å². The fraction of sp³-hybridized carbons (Fsp3) is 0.692. The van der Waals surface area contributed by atoms with E-state index in [-0.39, 0.29) is 6.10 Å². The van der Waals surface area contributed by atoms with Gasteiger partial charge >= 0.3 is 5.97 Å². The minimum atomic E-state index is -1.11. The van der Waals surface area contributed by atoms with Gasteiger partial charge in [-0.1, -0.05) is 19.9 Å². The van der Waals surface area contributed by atoms with Crippen molar-refractivity contribution < 1.29 is 9.53 Å². The van der Waals surface area contributed by atoms with Crippen LogP contribution in [0.2, 0.25) is 0 Å². The lowest BCUT2D eigenvalue weighted by Crippen LogP contribution is -2.33. The third-order valence-electron chi connectivity index (χ3n) is 2.60. The van der Waals surface area contributed by atoms with Crippen LogP contribution in [0.5, 0.6) is 0 Å². The zero-order valence-corrected chi connectivity index (χ0v) is 10.8. The number of nitriles is 1. The quantitative estimate of drug-likeness (QED) is 0.531. The summed E-state index contributed by atoms with van der Waals surface area (Å²) in [5, 5.41) is 9.27. The Hall–Kier alpha value is -1.30. The molecule has 0 aromatic carbocycles. The van der Waals surface area contributed by atoms with Gasteiger partial charge in [-0.15, -0.1) is 0 Å². The van der Waals surface area contributed by atoms with Crippen molar-refractivity contribution in [2.45, 2.75) is 53.6 Å². The summed E-state index contributed by atoms with van der Waals surface area (Å²) in [5.74, 6) is -0.435. The van der Waals surface area contributed by atoms with Crippen LogP contribution in [0.3, 0.4) is 0 Å². The number of hydrogen-bond donors (Lipinski definition) is 0. The van der Waals surface area contributed by atoms with Gasteiger partial charge in [0.25, 0.3) is 0 Å². The summed E-state index contributed by atoms with van der Waals surface area (Å²) < 4.78 is 5.16. The summed E-state index contributed by atoms with van der Waals surface area (Å²) in [7, 11) is 0. The lowest BCUT2D eigenvalue weighted by molar-refractivity contribution is -0.154. The molecular weight excluding hydrogens is 202 g/mol. The molecule has 16 heavy (non-hydrogen) atoms. The van der Waals surface area contributed by atoms with E-state index in [4.69, 9.17) is 4.74 Å². The summed E-state index contributed by atoms with van der Waals surface area (Å²) >= 11 is 0. The second-order valence-electron chi connectivity index (χ2n) is 4.12. The molecule has 0 aliphatic rings. The van der Waals surface area contributed by atoms with Gasteiger partial charge in [-0.25, -0.2) is 4.79 Å². The van der Waals surface area contributed by atoms with Crippen molar-refractivity contribution in [3.8, 4) is 6.07 Å². The molecule has 0 aliphatic heterocycles. The average Bonchev–Trinajstić information content (AvgIpc) is 2.19. The van der Waals surface area contributed by atoms with Crippen molar-refractivity contribution in [2.75, 3.05) is 0 Å². The van der Waals surface area contributed by atoms with Gasteiger partial charge in [0, 0.05) is 0 Å². The zero-order chi connectivity index (χ0) is 12.8. The number of carbonyl (C=O) groups excluding carboxylic acids is 1. The normalized spacial score (nSPS) is 15.4. The van der Waals surface area contributed by atoms with Crippen LogP contribution in [0.25, 0.3) is 0 Å². The van der Waals surface area contributed by atoms with Gasteiger partial charge in [-0.05, 0) is 39.2 Å². The molecule has 0 N–H and O–H groups in total. The average molecular weight is 223 g/mol. The summed E-state index contributed by atoms with van der Waals surface area (Å²) in [6.45, 7) is 9.20. The molecule has 3 heteroatoms. The zero-order valence-electron chi connectivity index (χ0n) is 10.8. The first kappa shape index (κ1) is 14.7. The van der Waals surface area contributed by atoms with Gasteiger partial charge < -0.3 is 4.74 Å². The van der Waals surface area contributed by atoms with E-state index < -0.39 is 11.4 Å². The second-order valence-corrected chi connectivity index (χ2v) is 4.12. The van der Waals surface area contributed by atoms with E-state index in [9.17, 15) is 10.1 Å². The maximum Gasteiger partial charge on any atom is 0.330 e. The molecule has 0 unspecified atom stereocenters. The van der Waals surface area contributed by atoms with Gasteiger partial charge in [0.1, 0.15) is 0 Å². The third kappa shape index (κ3) is 3.10. The van der Waals surface area contributed by atoms with Crippen LogP contribution in [0.4, 0.5) is 0 Å². The van der Waals surface area contributed by atoms with Crippen molar-refractivity contribution in [1.29, 1.82) is 5.26 Å². The van der Waals surface area contributed by atoms with Crippen LogP contribution in [-0.4, -0.2) is 12.1 Å². The smallest absolute Gasteiger partial charge is 0.330 e. The molecule has 90 valence electrons. The highest BCUT2D eigenvalue weighted by Gasteiger charge is 2.40. The highest BCUT2D eigenvalue weighted by Crippen LogP contribution is 2.32. The number of ether oxygens (including phenoxy) is 1. The maximum atomic E-state index is 12.0. The van der Waals surface area contributed by atoms with E-state index in [0.717, 1.165) is 12.0 Å². The molecule has 0 saturated heterocycles. The lowest BCUT2D eigenvalue weighted by Gasteiger charge is -2.25. The highest BCUT2D eigenvalue weighted by molar-refractivity contribution is 5.83. The number of nitrogens with zero attached hydrogens (tertiary/aromatic N) is 1. The number of rotatable bonds is 5. The molecular formula is C13H21NO2. The van der Waals surface area contributed by atoms with E-state index >= 15 is 0 Å². The van der Waals surface area contributed by atoms with Gasteiger partial charge in [-0.2, -0.15) is 5.26 Å². The number of allylic oxidation sites excluding steroid dienone is 1. The van der Waals surface area contributed by atoms with Crippen LogP contribution in [0.1, 0.15) is 47.5 Å². The number of carbonyl (C=O) groups is 1. The summed E-state index contributed by atoms with van der Waals surface area (Å²) in [6, 6.07) is 2.11. The first-order chi connectivity index (χ1) is 7.44. The standard InChI is InChI=1S/C13H21NO2/c1-6-8-11(5)13(7-2,9-14)12(15)16-10(3)4/h8,10H,6-7H2,1-5H3/b11-8-/t13-/m1/s1. The lowest BCUT2D eigenvalue weighted by atomic mass is 9.79. The summed E-state index contributed by atoms with van der Waals surface area (Å²) in [4.78, 5) is 12.0. The highest BCUT2D eigenvalue weighted by atomic mass is 16.5. The fourth-order valence-electron chi connectivity index (χ4n) is 1.59. The maximum absolute atomic E-state index is 12.0. The van der Waals surface area contributed by atoms with Crippen molar-refractivity contribution in [2.24, 2.45) is 5.41 Å². The molecule has 0 radical (unpaired) electrons. The molecule has 0 amide bonds. The van der Waals surface area contributed by atoms with E-state index in [0.29, 0.717) is 6.42 Å². The molecule has 0 fully saturated rings. The van der Waals surface area contributed by atoms with Crippen LogP contribution in [0.15, 0.2) is 11.6 Å². The summed E-state index contributed by atoms with van der Waals surface area (Å²) in [5.41, 5.74) is -0.328. The Morgan fingerprint density at radius 1 is 1.50 bits per heavy atom. The Labute approximate surface area is 98.1 Å². The van der Waals surface area contributed by atoms with Crippen molar-refractivity contribution in [3.05, 3.63) is 11.6 Å². The Balaban J connectivity index is 5.20. The molecule has 0 bridgehead atoms. The summed E-state index contributed by atoms with van der Waals surface area (Å²) in [6.07, 6.45) is 2.97. The van der Waals surface area contributed by atoms with Gasteiger partial charge in [0.15, 0.2) is 5.41 Å². The van der Waals surface area contributed by atoms with E-state index in [1.54, 1.807) is 13.8 Å². The fourth-order valence-corrected chi connectivity index (χ4v) is 1.59. The Bertz CT molecular complexity index is 312. The Morgan fingerprint density at radius 2 is 2.06 bits per heavy atom. The van der Waals surface area contributed by atoms with E-state index in [1.165, 1.54) is 0 Å². The molecule has 0 rings (SSSR count). The monoisotopic (exact) mass is 223 g/mol. The number of hydrogen-bond acceptors (Lipinski definition) is 3. The van der Waals surface area contributed by atoms with Crippen LogP contribution < -0.4 is 0 Å². The third-order valence-corrected chi connectivity index (χ3v) is 2.60. The van der Waals surface area contributed by atoms with Crippen LogP contribution in [0, 0.1) is 16.7 Å². The first-order valence-electron chi connectivity index (χ1n) is 5.74. The van der Waals surface area contributed by atoms with Gasteiger partial charge in [0.05, 0.1) is 12.2 Å². The van der Waals surface area contributed by atoms with Crippen LogP contribution >= 0.6 is 0 Å². The molecule has 0 spiro atoms. The Kier molecular flexibility index (Phi) is 5.81.